The normalized spacial score (nSPS) is 22.9. The highest BCUT2D eigenvalue weighted by molar-refractivity contribution is 5.82. The molecule has 0 bridgehead atoms. The lowest BCUT2D eigenvalue weighted by Gasteiger charge is -1.96. The number of carbonyl (C=O) groups excluding carboxylic acids is 2. The summed E-state index contributed by atoms with van der Waals surface area (Å²) < 4.78 is 4.79. The molecule has 0 aromatic carbocycles. The van der Waals surface area contributed by atoms with Crippen molar-refractivity contribution in [3.05, 3.63) is 11.8 Å². The number of ether oxygens (including phenoxy) is 1. The molecule has 60 valence electrons. The molecule has 0 aliphatic carbocycles. The number of hydrogen-bond acceptors (Lipinski definition) is 3. The molecule has 3 nitrogen and oxygen atoms in total. The lowest BCUT2D eigenvalue weighted by Crippen LogP contribution is -2.03. The molecule has 0 aromatic heterocycles. The Morgan fingerprint density at radius 3 is 2.73 bits per heavy atom. The van der Waals surface area contributed by atoms with E-state index in [-0.39, 0.29) is 24.1 Å². The Bertz CT molecular complexity index is 227. The van der Waals surface area contributed by atoms with Gasteiger partial charge in [0.2, 0.25) is 0 Å². The van der Waals surface area contributed by atoms with Crippen molar-refractivity contribution >= 4 is 11.8 Å². The summed E-state index contributed by atoms with van der Waals surface area (Å²) in [4.78, 5) is 21.4. The van der Waals surface area contributed by atoms with Crippen molar-refractivity contribution < 1.29 is 14.3 Å². The van der Waals surface area contributed by atoms with Gasteiger partial charge in [0.15, 0.2) is 0 Å². The zero-order valence-electron chi connectivity index (χ0n) is 6.59. The lowest BCUT2D eigenvalue weighted by atomic mass is 10.2. The second-order valence-electron chi connectivity index (χ2n) is 2.72. The van der Waals surface area contributed by atoms with Crippen LogP contribution in [0.4, 0.5) is 0 Å². The first-order valence-electron chi connectivity index (χ1n) is 3.51. The topological polar surface area (TPSA) is 43.4 Å². The van der Waals surface area contributed by atoms with Gasteiger partial charge in [-0.05, 0) is 19.9 Å². The fourth-order valence-corrected chi connectivity index (χ4v) is 0.943. The van der Waals surface area contributed by atoms with Gasteiger partial charge in [0.1, 0.15) is 11.5 Å². The number of rotatable bonds is 2. The summed E-state index contributed by atoms with van der Waals surface area (Å²) in [6, 6.07) is 0. The molecule has 3 heteroatoms. The summed E-state index contributed by atoms with van der Waals surface area (Å²) in [6.07, 6.45) is 1.92. The van der Waals surface area contributed by atoms with E-state index in [0.29, 0.717) is 5.76 Å². The van der Waals surface area contributed by atoms with Gasteiger partial charge in [0.05, 0.1) is 12.3 Å². The van der Waals surface area contributed by atoms with Crippen molar-refractivity contribution in [2.75, 3.05) is 0 Å². The first-order valence-corrected chi connectivity index (χ1v) is 3.51. The molecule has 1 aliphatic rings. The summed E-state index contributed by atoms with van der Waals surface area (Å²) in [5, 5.41) is 0. The molecule has 11 heavy (non-hydrogen) atoms. The maximum absolute atomic E-state index is 10.8. The van der Waals surface area contributed by atoms with Crippen molar-refractivity contribution in [3.8, 4) is 0 Å². The van der Waals surface area contributed by atoms with E-state index in [9.17, 15) is 9.59 Å². The molecule has 0 N–H and O–H groups in total. The molecule has 1 heterocycles. The molecular weight excluding hydrogens is 144 g/mol. The van der Waals surface area contributed by atoms with E-state index in [2.05, 4.69) is 0 Å². The van der Waals surface area contributed by atoms with Crippen LogP contribution in [0.25, 0.3) is 0 Å². The van der Waals surface area contributed by atoms with Crippen LogP contribution in [0.1, 0.15) is 20.3 Å². The fourth-order valence-electron chi connectivity index (χ4n) is 0.943. The summed E-state index contributed by atoms with van der Waals surface area (Å²) >= 11 is 0. The SMILES string of the molecule is CC(=O)CC1=CC(C)C(=O)O1. The van der Waals surface area contributed by atoms with Gasteiger partial charge in [-0.1, -0.05) is 0 Å². The first kappa shape index (κ1) is 7.98. The minimum Gasteiger partial charge on any atom is -0.430 e. The van der Waals surface area contributed by atoms with Crippen LogP contribution >= 0.6 is 0 Å². The molecule has 1 rings (SSSR count). The van der Waals surface area contributed by atoms with Crippen LogP contribution in [0, 0.1) is 5.92 Å². The molecule has 0 amide bonds. The van der Waals surface area contributed by atoms with Crippen molar-refractivity contribution in [1.82, 2.24) is 0 Å². The predicted molar refractivity (Wildman–Crippen MR) is 38.6 cm³/mol. The van der Waals surface area contributed by atoms with Gasteiger partial charge in [0, 0.05) is 0 Å². The van der Waals surface area contributed by atoms with E-state index < -0.39 is 0 Å². The Morgan fingerprint density at radius 2 is 2.36 bits per heavy atom. The molecule has 0 saturated carbocycles. The zero-order chi connectivity index (χ0) is 8.43. The Balaban J connectivity index is 2.57. The van der Waals surface area contributed by atoms with Crippen LogP contribution < -0.4 is 0 Å². The molecule has 1 atom stereocenters. The third-order valence-electron chi connectivity index (χ3n) is 1.46. The molecule has 1 aliphatic heterocycles. The Morgan fingerprint density at radius 1 is 1.73 bits per heavy atom. The highest BCUT2D eigenvalue weighted by atomic mass is 16.5. The van der Waals surface area contributed by atoms with Crippen LogP contribution in [-0.2, 0) is 14.3 Å². The Hall–Kier alpha value is -1.12. The van der Waals surface area contributed by atoms with E-state index in [1.54, 1.807) is 13.0 Å². The van der Waals surface area contributed by atoms with Crippen LogP contribution in [0.3, 0.4) is 0 Å². The second kappa shape index (κ2) is 2.86. The van der Waals surface area contributed by atoms with E-state index >= 15 is 0 Å². The summed E-state index contributed by atoms with van der Waals surface area (Å²) in [5.74, 6) is 0.0544. The Labute approximate surface area is 65.0 Å². The molecule has 1 unspecified atom stereocenters. The van der Waals surface area contributed by atoms with Crippen LogP contribution in [0.2, 0.25) is 0 Å². The quantitative estimate of drug-likeness (QED) is 0.558. The minimum absolute atomic E-state index is 0.0122. The van der Waals surface area contributed by atoms with Gasteiger partial charge >= 0.3 is 5.97 Å². The van der Waals surface area contributed by atoms with Crippen molar-refractivity contribution in [1.29, 1.82) is 0 Å². The number of ketones is 1. The van der Waals surface area contributed by atoms with Gasteiger partial charge in [0.25, 0.3) is 0 Å². The van der Waals surface area contributed by atoms with Gasteiger partial charge in [-0.25, -0.2) is 0 Å². The number of allylic oxidation sites excluding steroid dienone is 1. The highest BCUT2D eigenvalue weighted by Crippen LogP contribution is 2.19. The number of hydrogen-bond donors (Lipinski definition) is 0. The lowest BCUT2D eigenvalue weighted by molar-refractivity contribution is -0.139. The van der Waals surface area contributed by atoms with E-state index in [1.165, 1.54) is 6.92 Å². The maximum atomic E-state index is 10.8. The van der Waals surface area contributed by atoms with E-state index in [4.69, 9.17) is 4.74 Å². The summed E-state index contributed by atoms with van der Waals surface area (Å²) in [7, 11) is 0. The third kappa shape index (κ3) is 1.90. The predicted octanol–water partition coefficient (Wildman–Crippen LogP) is 1.04. The van der Waals surface area contributed by atoms with E-state index in [1.807, 2.05) is 0 Å². The molecule has 0 aromatic rings. The van der Waals surface area contributed by atoms with Crippen LogP contribution in [0.5, 0.6) is 0 Å². The molecule has 0 radical (unpaired) electrons. The molecular formula is C8H10O3. The summed E-state index contributed by atoms with van der Waals surface area (Å²) in [5.41, 5.74) is 0. The minimum atomic E-state index is -0.263. The summed E-state index contributed by atoms with van der Waals surface area (Å²) in [6.45, 7) is 3.22. The number of esters is 1. The standard InChI is InChI=1S/C8H10O3/c1-5-3-7(4-6(2)9)11-8(5)10/h3,5H,4H2,1-2H3. The van der Waals surface area contributed by atoms with Crippen molar-refractivity contribution in [2.24, 2.45) is 5.92 Å². The Kier molecular flexibility index (Phi) is 2.08. The van der Waals surface area contributed by atoms with Crippen molar-refractivity contribution in [2.45, 2.75) is 20.3 Å². The van der Waals surface area contributed by atoms with Gasteiger partial charge in [-0.3, -0.25) is 9.59 Å². The molecule has 0 saturated heterocycles. The molecule has 0 fully saturated rings. The van der Waals surface area contributed by atoms with Gasteiger partial charge < -0.3 is 4.74 Å². The van der Waals surface area contributed by atoms with Crippen LogP contribution in [-0.4, -0.2) is 11.8 Å². The maximum Gasteiger partial charge on any atom is 0.317 e. The van der Waals surface area contributed by atoms with Gasteiger partial charge in [-0.2, -0.15) is 0 Å². The average Bonchev–Trinajstić information content (AvgIpc) is 2.10. The fraction of sp³-hybridized carbons (Fsp3) is 0.500. The number of cyclic esters (lactones) is 1. The monoisotopic (exact) mass is 154 g/mol. The van der Waals surface area contributed by atoms with Crippen LogP contribution in [0.15, 0.2) is 11.8 Å². The van der Waals surface area contributed by atoms with Crippen molar-refractivity contribution in [3.63, 3.8) is 0 Å². The highest BCUT2D eigenvalue weighted by Gasteiger charge is 2.22. The average molecular weight is 154 g/mol. The number of carbonyl (C=O) groups is 2. The largest absolute Gasteiger partial charge is 0.430 e. The third-order valence-corrected chi connectivity index (χ3v) is 1.46. The second-order valence-corrected chi connectivity index (χ2v) is 2.72. The molecule has 0 spiro atoms. The number of Topliss-reactive ketones (excluding diaryl/α,β-unsaturated/α-hetero) is 1. The zero-order valence-corrected chi connectivity index (χ0v) is 6.59. The van der Waals surface area contributed by atoms with E-state index in [0.717, 1.165) is 0 Å². The van der Waals surface area contributed by atoms with Gasteiger partial charge in [-0.15, -0.1) is 0 Å². The smallest absolute Gasteiger partial charge is 0.317 e. The first-order chi connectivity index (χ1) is 5.09.